The molecule has 0 bridgehead atoms. The van der Waals surface area contributed by atoms with E-state index in [1.165, 1.54) is 5.56 Å². The Bertz CT molecular complexity index is 1450. The van der Waals surface area contributed by atoms with Crippen molar-refractivity contribution in [2.24, 2.45) is 0 Å². The summed E-state index contributed by atoms with van der Waals surface area (Å²) >= 11 is 3.46. The van der Waals surface area contributed by atoms with Crippen molar-refractivity contribution in [2.45, 2.75) is 53.6 Å². The highest BCUT2D eigenvalue weighted by Gasteiger charge is 2.20. The summed E-state index contributed by atoms with van der Waals surface area (Å²) in [6, 6.07) is 13.7. The van der Waals surface area contributed by atoms with Gasteiger partial charge in [0, 0.05) is 29.6 Å². The molecule has 6 nitrogen and oxygen atoms in total. The van der Waals surface area contributed by atoms with Crippen molar-refractivity contribution >= 4 is 15.9 Å². The van der Waals surface area contributed by atoms with Crippen LogP contribution in [0.2, 0.25) is 0 Å². The Morgan fingerprint density at radius 1 is 1.03 bits per heavy atom. The molecule has 0 aliphatic carbocycles. The van der Waals surface area contributed by atoms with Gasteiger partial charge in [-0.2, -0.15) is 0 Å². The minimum absolute atomic E-state index is 0.188. The number of nitrogens with zero attached hydrogens (tertiary/aromatic N) is 4. The number of hydrogen-bond donors (Lipinski definition) is 0. The molecule has 0 saturated heterocycles. The molecule has 0 fully saturated rings. The number of ether oxygens (including phenoxy) is 1. The van der Waals surface area contributed by atoms with Gasteiger partial charge in [0.1, 0.15) is 22.7 Å². The van der Waals surface area contributed by atoms with Crippen molar-refractivity contribution in [1.29, 1.82) is 0 Å². The second-order valence-electron chi connectivity index (χ2n) is 9.76. The molecule has 0 saturated carbocycles. The quantitative estimate of drug-likeness (QED) is 0.303. The Kier molecular flexibility index (Phi) is 6.90. The molecule has 0 aliphatic heterocycles. The summed E-state index contributed by atoms with van der Waals surface area (Å²) in [7, 11) is 0. The Labute approximate surface area is 214 Å². The molecule has 7 heteroatoms. The molecule has 4 rings (SSSR count). The molecule has 180 valence electrons. The fourth-order valence-electron chi connectivity index (χ4n) is 3.82. The third-order valence-corrected chi connectivity index (χ3v) is 6.39. The fraction of sp³-hybridized carbons (Fsp3) is 0.286. The van der Waals surface area contributed by atoms with E-state index in [1.54, 1.807) is 10.8 Å². The van der Waals surface area contributed by atoms with Crippen molar-refractivity contribution in [3.05, 3.63) is 97.9 Å². The highest BCUT2D eigenvalue weighted by molar-refractivity contribution is 9.10. The summed E-state index contributed by atoms with van der Waals surface area (Å²) < 4.78 is 8.02. The number of halogens is 1. The van der Waals surface area contributed by atoms with Crippen molar-refractivity contribution in [2.75, 3.05) is 0 Å². The zero-order valence-electron chi connectivity index (χ0n) is 20.9. The molecule has 0 unspecified atom stereocenters. The van der Waals surface area contributed by atoms with Crippen LogP contribution in [0.3, 0.4) is 0 Å². The van der Waals surface area contributed by atoms with Gasteiger partial charge in [0.15, 0.2) is 0 Å². The molecule has 3 aromatic heterocycles. The highest BCUT2D eigenvalue weighted by atomic mass is 79.9. The Hall–Kier alpha value is -3.32. The number of benzene rings is 1. The molecule has 4 aromatic rings. The predicted octanol–water partition coefficient (Wildman–Crippen LogP) is 6.25. The number of hydrogen-bond acceptors (Lipinski definition) is 5. The molecule has 1 aromatic carbocycles. The van der Waals surface area contributed by atoms with Crippen molar-refractivity contribution in [3.63, 3.8) is 0 Å². The summed E-state index contributed by atoms with van der Waals surface area (Å²) in [6.45, 7) is 12.5. The number of aromatic nitrogens is 4. The van der Waals surface area contributed by atoms with Crippen molar-refractivity contribution in [1.82, 2.24) is 19.5 Å². The third kappa shape index (κ3) is 5.35. The molecule has 3 heterocycles. The van der Waals surface area contributed by atoms with Crippen LogP contribution in [0.5, 0.6) is 5.75 Å². The van der Waals surface area contributed by atoms with E-state index in [1.807, 2.05) is 63.4 Å². The van der Waals surface area contributed by atoms with Gasteiger partial charge in [-0.05, 0) is 60.0 Å². The lowest BCUT2D eigenvalue weighted by Gasteiger charge is -2.18. The van der Waals surface area contributed by atoms with Crippen LogP contribution in [0, 0.1) is 20.8 Å². The van der Waals surface area contributed by atoms with Gasteiger partial charge in [0.2, 0.25) is 0 Å². The van der Waals surface area contributed by atoms with Crippen molar-refractivity contribution < 1.29 is 4.74 Å². The second-order valence-corrected chi connectivity index (χ2v) is 10.5. The third-order valence-electron chi connectivity index (χ3n) is 5.66. The van der Waals surface area contributed by atoms with Crippen LogP contribution in [0.15, 0.2) is 64.1 Å². The minimum Gasteiger partial charge on any atom is -0.487 e. The van der Waals surface area contributed by atoms with Gasteiger partial charge >= 0.3 is 0 Å². The molecule has 0 amide bonds. The number of aryl methyl sites for hydroxylation is 3. The predicted molar refractivity (Wildman–Crippen MR) is 142 cm³/mol. The lowest BCUT2D eigenvalue weighted by Crippen LogP contribution is -2.22. The maximum atomic E-state index is 13.4. The van der Waals surface area contributed by atoms with Gasteiger partial charge < -0.3 is 4.74 Å². The topological polar surface area (TPSA) is 69.9 Å². The van der Waals surface area contributed by atoms with Crippen LogP contribution < -0.4 is 10.3 Å². The monoisotopic (exact) mass is 532 g/mol. The summed E-state index contributed by atoms with van der Waals surface area (Å²) in [5, 5.41) is 0. The van der Waals surface area contributed by atoms with E-state index in [2.05, 4.69) is 52.7 Å². The highest BCUT2D eigenvalue weighted by Crippen LogP contribution is 2.28. The van der Waals surface area contributed by atoms with Gasteiger partial charge in [0.25, 0.3) is 5.56 Å². The molecular weight excluding hydrogens is 504 g/mol. The molecule has 35 heavy (non-hydrogen) atoms. The van der Waals surface area contributed by atoms with E-state index in [4.69, 9.17) is 9.72 Å². The first-order valence-electron chi connectivity index (χ1n) is 11.5. The van der Waals surface area contributed by atoms with E-state index in [0.29, 0.717) is 28.2 Å². The maximum Gasteiger partial charge on any atom is 0.273 e. The van der Waals surface area contributed by atoms with Crippen LogP contribution in [-0.4, -0.2) is 19.5 Å². The van der Waals surface area contributed by atoms with Gasteiger partial charge in [0.05, 0.1) is 17.1 Å². The molecular formula is C28H29BrN4O2. The maximum absolute atomic E-state index is 13.4. The lowest BCUT2D eigenvalue weighted by molar-refractivity contribution is 0.302. The molecule has 0 N–H and O–H groups in total. The Morgan fingerprint density at radius 2 is 1.80 bits per heavy atom. The van der Waals surface area contributed by atoms with E-state index in [0.717, 1.165) is 28.3 Å². The van der Waals surface area contributed by atoms with Crippen molar-refractivity contribution in [3.8, 4) is 22.8 Å². The summed E-state index contributed by atoms with van der Waals surface area (Å²) in [6.07, 6.45) is 3.52. The lowest BCUT2D eigenvalue weighted by atomic mass is 9.95. The van der Waals surface area contributed by atoms with E-state index < -0.39 is 0 Å². The fourth-order valence-corrected chi connectivity index (χ4v) is 4.23. The summed E-state index contributed by atoms with van der Waals surface area (Å²) in [4.78, 5) is 27.2. The first-order chi connectivity index (χ1) is 16.5. The molecule has 0 radical (unpaired) electrons. The normalized spacial score (nSPS) is 11.5. The minimum atomic E-state index is -0.198. The van der Waals surface area contributed by atoms with E-state index >= 15 is 0 Å². The average Bonchev–Trinajstić information content (AvgIpc) is 2.80. The van der Waals surface area contributed by atoms with Gasteiger partial charge in [-0.25, -0.2) is 9.97 Å². The largest absolute Gasteiger partial charge is 0.487 e. The van der Waals surface area contributed by atoms with E-state index in [-0.39, 0.29) is 11.0 Å². The average molecular weight is 533 g/mol. The summed E-state index contributed by atoms with van der Waals surface area (Å²) in [5.41, 5.74) is 5.66. The smallest absolute Gasteiger partial charge is 0.273 e. The van der Waals surface area contributed by atoms with Crippen LogP contribution in [0.1, 0.15) is 49.0 Å². The van der Waals surface area contributed by atoms with Gasteiger partial charge in [-0.3, -0.25) is 14.3 Å². The second kappa shape index (κ2) is 9.74. The van der Waals surface area contributed by atoms with Crippen LogP contribution in [0.4, 0.5) is 0 Å². The van der Waals surface area contributed by atoms with Gasteiger partial charge in [-0.1, -0.05) is 50.6 Å². The molecule has 0 atom stereocenters. The summed E-state index contributed by atoms with van der Waals surface area (Å²) in [5.74, 6) is 1.26. The molecule has 0 spiro atoms. The Morgan fingerprint density at radius 3 is 2.51 bits per heavy atom. The Balaban J connectivity index is 1.71. The zero-order chi connectivity index (χ0) is 25.3. The number of rotatable bonds is 5. The van der Waals surface area contributed by atoms with Crippen LogP contribution in [-0.2, 0) is 12.0 Å². The van der Waals surface area contributed by atoms with Gasteiger partial charge in [-0.15, -0.1) is 0 Å². The van der Waals surface area contributed by atoms with E-state index in [9.17, 15) is 4.79 Å². The number of pyridine rings is 2. The van der Waals surface area contributed by atoms with Crippen LogP contribution >= 0.6 is 15.9 Å². The first-order valence-corrected chi connectivity index (χ1v) is 12.3. The van der Waals surface area contributed by atoms with Crippen LogP contribution in [0.25, 0.3) is 17.1 Å². The standard InChI is InChI=1S/C28H29BrN4O2/c1-17-8-7-9-20(12-17)16-35-23-13-19(3)33(26(34)24(23)29)21-10-11-30-22(14-21)25-18(2)15-31-27(32-25)28(4,5)6/h7-15H,16H2,1-6H3. The first kappa shape index (κ1) is 24.8. The zero-order valence-corrected chi connectivity index (χ0v) is 22.5. The SMILES string of the molecule is Cc1cccc(COc2cc(C)n(-c3ccnc(-c4nc(C(C)(C)C)ncc4C)c3)c(=O)c2Br)c1. The molecule has 0 aliphatic rings.